The van der Waals surface area contributed by atoms with Gasteiger partial charge in [0.15, 0.2) is 0 Å². The Morgan fingerprint density at radius 1 is 0.677 bits per heavy atom. The average Bonchev–Trinajstić information content (AvgIpc) is 2.62. The van der Waals surface area contributed by atoms with E-state index in [0.717, 1.165) is 0 Å². The highest BCUT2D eigenvalue weighted by Crippen LogP contribution is 2.06. The van der Waals surface area contributed by atoms with Crippen LogP contribution in [0.25, 0.3) is 0 Å². The van der Waals surface area contributed by atoms with Crippen LogP contribution in [0.3, 0.4) is 0 Å². The molecule has 13 heteroatoms. The molecule has 0 aliphatic rings. The van der Waals surface area contributed by atoms with E-state index in [4.69, 9.17) is 21.1 Å². The summed E-state index contributed by atoms with van der Waals surface area (Å²) in [5.41, 5.74) is 5.70. The van der Waals surface area contributed by atoms with Gasteiger partial charge in [0.2, 0.25) is 17.7 Å². The highest BCUT2D eigenvalue weighted by molar-refractivity contribution is 5.96. The molecule has 4 atom stereocenters. The highest BCUT2D eigenvalue weighted by atomic mass is 16.4. The summed E-state index contributed by atoms with van der Waals surface area (Å²) in [6.07, 6.45) is -1.67. The molecule has 0 aromatic heterocycles. The van der Waals surface area contributed by atoms with Crippen LogP contribution in [0.1, 0.15) is 40.5 Å². The lowest BCUT2D eigenvalue weighted by Gasteiger charge is -2.26. The molecule has 31 heavy (non-hydrogen) atoms. The first-order chi connectivity index (χ1) is 14.2. The third-order valence-electron chi connectivity index (χ3n) is 4.27. The van der Waals surface area contributed by atoms with Gasteiger partial charge in [-0.25, -0.2) is 4.79 Å². The van der Waals surface area contributed by atoms with Crippen LogP contribution in [-0.4, -0.2) is 75.1 Å². The molecule has 4 unspecified atom stereocenters. The van der Waals surface area contributed by atoms with Gasteiger partial charge >= 0.3 is 17.9 Å². The zero-order valence-corrected chi connectivity index (χ0v) is 17.7. The minimum absolute atomic E-state index is 0.287. The molecule has 0 aromatic carbocycles. The van der Waals surface area contributed by atoms with Crippen LogP contribution in [0.5, 0.6) is 0 Å². The largest absolute Gasteiger partial charge is 0.481 e. The van der Waals surface area contributed by atoms with Crippen molar-refractivity contribution in [3.05, 3.63) is 0 Å². The maximum Gasteiger partial charge on any atom is 0.326 e. The Morgan fingerprint density at radius 2 is 1.13 bits per heavy atom. The van der Waals surface area contributed by atoms with E-state index in [0.29, 0.717) is 0 Å². The number of carbonyl (C=O) groups is 6. The first-order valence-corrected chi connectivity index (χ1v) is 9.50. The maximum absolute atomic E-state index is 12.6. The first-order valence-electron chi connectivity index (χ1n) is 9.50. The van der Waals surface area contributed by atoms with E-state index < -0.39 is 78.6 Å². The van der Waals surface area contributed by atoms with Gasteiger partial charge in [-0.1, -0.05) is 27.7 Å². The molecule has 0 spiro atoms. The van der Waals surface area contributed by atoms with Gasteiger partial charge in [0.1, 0.15) is 18.1 Å². The molecule has 0 aromatic rings. The van der Waals surface area contributed by atoms with E-state index in [1.54, 1.807) is 13.8 Å². The topological polar surface area (TPSA) is 225 Å². The number of carboxylic acid groups (broad SMARTS) is 3. The summed E-state index contributed by atoms with van der Waals surface area (Å²) >= 11 is 0. The highest BCUT2D eigenvalue weighted by Gasteiger charge is 2.33. The number of hydrogen-bond donors (Lipinski definition) is 7. The van der Waals surface area contributed by atoms with Gasteiger partial charge in [-0.15, -0.1) is 0 Å². The fourth-order valence-corrected chi connectivity index (χ4v) is 2.38. The summed E-state index contributed by atoms with van der Waals surface area (Å²) in [7, 11) is 0. The summed E-state index contributed by atoms with van der Waals surface area (Å²) in [5.74, 6) is -8.02. The minimum Gasteiger partial charge on any atom is -0.481 e. The molecule has 0 aliphatic carbocycles. The Morgan fingerprint density at radius 3 is 1.52 bits per heavy atom. The van der Waals surface area contributed by atoms with Crippen LogP contribution in [0, 0.1) is 11.8 Å². The summed E-state index contributed by atoms with van der Waals surface area (Å²) in [6.45, 7) is 6.37. The molecule has 0 radical (unpaired) electrons. The number of nitrogens with two attached hydrogens (primary N) is 1. The molecule has 8 N–H and O–H groups in total. The smallest absolute Gasteiger partial charge is 0.326 e. The Labute approximate surface area is 178 Å². The maximum atomic E-state index is 12.6. The van der Waals surface area contributed by atoms with Crippen molar-refractivity contribution in [2.75, 3.05) is 0 Å². The lowest BCUT2D eigenvalue weighted by Crippen LogP contribution is -2.59. The van der Waals surface area contributed by atoms with Gasteiger partial charge in [0.05, 0.1) is 18.9 Å². The number of aliphatic carboxylic acids is 3. The number of hydrogen-bond acceptors (Lipinski definition) is 7. The number of carboxylic acids is 3. The molecule has 0 heterocycles. The monoisotopic (exact) mass is 446 g/mol. The lowest BCUT2D eigenvalue weighted by atomic mass is 10.0. The van der Waals surface area contributed by atoms with Gasteiger partial charge in [-0.05, 0) is 11.8 Å². The second-order valence-corrected chi connectivity index (χ2v) is 7.66. The van der Waals surface area contributed by atoms with Crippen LogP contribution >= 0.6 is 0 Å². The van der Waals surface area contributed by atoms with Crippen molar-refractivity contribution < 1.29 is 44.1 Å². The van der Waals surface area contributed by atoms with E-state index in [9.17, 15) is 28.8 Å². The predicted octanol–water partition coefficient (Wildman–Crippen LogP) is -1.89. The van der Waals surface area contributed by atoms with Crippen LogP contribution < -0.4 is 21.7 Å². The third-order valence-corrected chi connectivity index (χ3v) is 4.27. The fourth-order valence-electron chi connectivity index (χ4n) is 2.38. The van der Waals surface area contributed by atoms with Crippen LogP contribution in [0.15, 0.2) is 0 Å². The molecule has 0 rings (SSSR count). The number of nitrogens with one attached hydrogen (secondary N) is 3. The van der Waals surface area contributed by atoms with E-state index in [2.05, 4.69) is 10.6 Å². The Balaban J connectivity index is 5.48. The minimum atomic E-state index is -1.73. The molecule has 3 amide bonds. The van der Waals surface area contributed by atoms with E-state index in [1.807, 2.05) is 5.32 Å². The average molecular weight is 446 g/mol. The van der Waals surface area contributed by atoms with Crippen molar-refractivity contribution >= 4 is 35.6 Å². The molecule has 0 saturated heterocycles. The zero-order valence-electron chi connectivity index (χ0n) is 17.7. The molecule has 13 nitrogen and oxygen atoms in total. The predicted molar refractivity (Wildman–Crippen MR) is 106 cm³/mol. The van der Waals surface area contributed by atoms with E-state index in [-0.39, 0.29) is 5.92 Å². The van der Waals surface area contributed by atoms with E-state index >= 15 is 0 Å². The van der Waals surface area contributed by atoms with Crippen molar-refractivity contribution in [2.24, 2.45) is 17.6 Å². The molecular formula is C18H30N4O9. The SMILES string of the molecule is CC(C)C(N)C(=O)NC(CC(=O)O)C(=O)NC(C(=O)NC(CC(=O)O)C(=O)O)C(C)C. The molecule has 0 fully saturated rings. The normalized spacial score (nSPS) is 14.8. The Kier molecular flexibility index (Phi) is 11.2. The van der Waals surface area contributed by atoms with Crippen molar-refractivity contribution in [1.82, 2.24) is 16.0 Å². The van der Waals surface area contributed by atoms with Crippen molar-refractivity contribution in [2.45, 2.75) is 64.7 Å². The molecule has 0 saturated carbocycles. The first kappa shape index (κ1) is 27.8. The number of amides is 3. The number of rotatable bonds is 13. The van der Waals surface area contributed by atoms with Crippen molar-refractivity contribution in [3.8, 4) is 0 Å². The van der Waals surface area contributed by atoms with Crippen LogP contribution in [0.2, 0.25) is 0 Å². The van der Waals surface area contributed by atoms with E-state index in [1.165, 1.54) is 13.8 Å². The van der Waals surface area contributed by atoms with Crippen molar-refractivity contribution in [1.29, 1.82) is 0 Å². The summed E-state index contributed by atoms with van der Waals surface area (Å²) in [5, 5.41) is 33.4. The number of carbonyl (C=O) groups excluding carboxylic acids is 3. The van der Waals surface area contributed by atoms with Gasteiger partial charge in [-0.2, -0.15) is 0 Å². The summed E-state index contributed by atoms with van der Waals surface area (Å²) in [6, 6.07) is -5.60. The second kappa shape index (κ2) is 12.5. The molecule has 0 aliphatic heterocycles. The standard InChI is InChI=1S/C18H30N4O9/c1-7(2)13(19)16(28)20-9(5-11(23)24)15(27)22-14(8(3)4)17(29)21-10(18(30)31)6-12(25)26/h7-10,13-14H,5-6,19H2,1-4H3,(H,20,28)(H,21,29)(H,22,27)(H,23,24)(H,25,26)(H,30,31). The molecule has 0 bridgehead atoms. The Hall–Kier alpha value is -3.22. The second-order valence-electron chi connectivity index (χ2n) is 7.66. The van der Waals surface area contributed by atoms with Gasteiger partial charge in [0.25, 0.3) is 0 Å². The van der Waals surface area contributed by atoms with Gasteiger partial charge in [-0.3, -0.25) is 24.0 Å². The lowest BCUT2D eigenvalue weighted by molar-refractivity contribution is -0.147. The van der Waals surface area contributed by atoms with Crippen LogP contribution in [-0.2, 0) is 28.8 Å². The van der Waals surface area contributed by atoms with Crippen molar-refractivity contribution in [3.63, 3.8) is 0 Å². The zero-order chi connectivity index (χ0) is 24.5. The third kappa shape index (κ3) is 9.89. The Bertz CT molecular complexity index is 708. The van der Waals surface area contributed by atoms with Gasteiger partial charge < -0.3 is 37.0 Å². The van der Waals surface area contributed by atoms with Gasteiger partial charge in [0, 0.05) is 0 Å². The molecular weight excluding hydrogens is 416 g/mol. The van der Waals surface area contributed by atoms with Crippen LogP contribution in [0.4, 0.5) is 0 Å². The summed E-state index contributed by atoms with van der Waals surface area (Å²) in [4.78, 5) is 70.3. The summed E-state index contributed by atoms with van der Waals surface area (Å²) < 4.78 is 0. The quantitative estimate of drug-likeness (QED) is 0.166. The fraction of sp³-hybridized carbons (Fsp3) is 0.667. The molecule has 176 valence electrons.